The molecule has 14 nitrogen and oxygen atoms in total. The van der Waals surface area contributed by atoms with Crippen molar-refractivity contribution in [2.75, 3.05) is 45.7 Å². The Morgan fingerprint density at radius 1 is 1.04 bits per heavy atom. The smallest absolute Gasteiger partial charge is 0.469 e. The van der Waals surface area contributed by atoms with E-state index in [1.165, 1.54) is 25.2 Å². The van der Waals surface area contributed by atoms with Crippen LogP contribution in [0.5, 0.6) is 0 Å². The Bertz CT molecular complexity index is 1800. The van der Waals surface area contributed by atoms with Gasteiger partial charge in [-0.3, -0.25) is 29.4 Å². The van der Waals surface area contributed by atoms with Gasteiger partial charge in [0, 0.05) is 19.8 Å². The summed E-state index contributed by atoms with van der Waals surface area (Å²) in [5.74, 6) is -9.94. The summed E-state index contributed by atoms with van der Waals surface area (Å²) in [5.41, 5.74) is -6.34. The molecule has 2 aliphatic rings. The summed E-state index contributed by atoms with van der Waals surface area (Å²) in [5, 5.41) is 15.6. The zero-order valence-electron chi connectivity index (χ0n) is 26.7. The second kappa shape index (κ2) is 14.8. The molecule has 1 fully saturated rings. The Kier molecular flexibility index (Phi) is 11.3. The molecule has 1 aliphatic heterocycles. The van der Waals surface area contributed by atoms with E-state index in [2.05, 4.69) is 14.6 Å². The van der Waals surface area contributed by atoms with Gasteiger partial charge in [0.15, 0.2) is 18.2 Å². The van der Waals surface area contributed by atoms with Crippen LogP contribution < -0.4 is 5.01 Å². The maximum Gasteiger partial charge on any atom is 0.510 e. The third-order valence-electron chi connectivity index (χ3n) is 7.61. The van der Waals surface area contributed by atoms with Crippen LogP contribution in [-0.4, -0.2) is 96.5 Å². The number of alkyl halides is 8. The third kappa shape index (κ3) is 8.31. The second-order valence-corrected chi connectivity index (χ2v) is 11.5. The number of carbonyl (C=O) groups excluding carboxylic acids is 4. The molecule has 2 heterocycles. The lowest BCUT2D eigenvalue weighted by atomic mass is 10.0. The number of halogens is 9. The SMILES string of the molecule is COC(=O)CC(=O)OCCOC(=O)OCN(C(=O)c1cc(C2=CN(c3[nH]nc(C(F)(F)C(F)(F)F)c3C(F)(F)F)N(C)C2)ccc1Cl)C1(C#N)CC1. The molecule has 0 radical (unpaired) electrons. The minimum atomic E-state index is -6.39. The molecule has 1 N–H and O–H groups in total. The van der Waals surface area contributed by atoms with Gasteiger partial charge in [-0.05, 0) is 36.1 Å². The van der Waals surface area contributed by atoms with E-state index in [4.69, 9.17) is 21.1 Å². The van der Waals surface area contributed by atoms with Crippen molar-refractivity contribution in [3.63, 3.8) is 0 Å². The van der Waals surface area contributed by atoms with Crippen LogP contribution in [0.3, 0.4) is 0 Å². The largest absolute Gasteiger partial charge is 0.510 e. The van der Waals surface area contributed by atoms with Crippen molar-refractivity contribution < 1.29 is 73.2 Å². The highest BCUT2D eigenvalue weighted by molar-refractivity contribution is 6.34. The van der Waals surface area contributed by atoms with Gasteiger partial charge in [0.05, 0.1) is 23.8 Å². The molecule has 0 bridgehead atoms. The molecule has 1 saturated carbocycles. The number of nitrogens with zero attached hydrogens (tertiary/aromatic N) is 5. The quantitative estimate of drug-likeness (QED) is 0.0753. The molecule has 0 spiro atoms. The first-order chi connectivity index (χ1) is 24.2. The molecule has 282 valence electrons. The number of likely N-dealkylation sites (N-methyl/N-ethyl adjacent to an activating group) is 1. The summed E-state index contributed by atoms with van der Waals surface area (Å²) in [6.07, 6.45) is -12.8. The van der Waals surface area contributed by atoms with Crippen LogP contribution >= 0.6 is 11.6 Å². The fourth-order valence-corrected chi connectivity index (χ4v) is 4.99. The summed E-state index contributed by atoms with van der Waals surface area (Å²) in [4.78, 5) is 49.4. The van der Waals surface area contributed by atoms with E-state index in [9.17, 15) is 59.6 Å². The molecule has 23 heteroatoms. The highest BCUT2D eigenvalue weighted by atomic mass is 35.5. The number of anilines is 1. The van der Waals surface area contributed by atoms with Crippen molar-refractivity contribution in [1.82, 2.24) is 20.1 Å². The lowest BCUT2D eigenvalue weighted by Crippen LogP contribution is -2.43. The summed E-state index contributed by atoms with van der Waals surface area (Å²) in [6.45, 7) is -2.04. The van der Waals surface area contributed by atoms with Gasteiger partial charge in [-0.25, -0.2) is 9.80 Å². The fourth-order valence-electron chi connectivity index (χ4n) is 4.79. The Morgan fingerprint density at radius 2 is 1.69 bits per heavy atom. The van der Waals surface area contributed by atoms with Gasteiger partial charge in [-0.2, -0.15) is 45.5 Å². The van der Waals surface area contributed by atoms with E-state index >= 15 is 0 Å². The van der Waals surface area contributed by atoms with Crippen LogP contribution in [0.2, 0.25) is 5.02 Å². The summed E-state index contributed by atoms with van der Waals surface area (Å²) in [6, 6.07) is 5.72. The zero-order chi connectivity index (χ0) is 38.8. The number of nitrogens with one attached hydrogen (secondary N) is 1. The van der Waals surface area contributed by atoms with Crippen LogP contribution in [0.4, 0.5) is 45.7 Å². The van der Waals surface area contributed by atoms with Crippen LogP contribution in [0.25, 0.3) is 5.57 Å². The van der Waals surface area contributed by atoms with Crippen molar-refractivity contribution in [2.24, 2.45) is 0 Å². The first-order valence-corrected chi connectivity index (χ1v) is 14.9. The Hall–Kier alpha value is -5.17. The number of methoxy groups -OCH3 is 1. The fraction of sp³-hybridized carbons (Fsp3) is 0.448. The number of ether oxygens (including phenoxy) is 4. The van der Waals surface area contributed by atoms with Crippen molar-refractivity contribution >= 4 is 47.0 Å². The molecule has 1 aromatic heterocycles. The molecule has 1 amide bonds. The van der Waals surface area contributed by atoms with Crippen molar-refractivity contribution in [2.45, 2.75) is 43.1 Å². The van der Waals surface area contributed by atoms with Crippen molar-refractivity contribution in [3.05, 3.63) is 51.8 Å². The molecule has 4 rings (SSSR count). The molecule has 1 aliphatic carbocycles. The summed E-state index contributed by atoms with van der Waals surface area (Å²) >= 11 is 6.30. The zero-order valence-corrected chi connectivity index (χ0v) is 27.4. The summed E-state index contributed by atoms with van der Waals surface area (Å²) in [7, 11) is 2.26. The number of carbonyl (C=O) groups is 4. The topological polar surface area (TPSA) is 167 Å². The number of esters is 2. The van der Waals surface area contributed by atoms with Crippen LogP contribution in [0.1, 0.15) is 46.4 Å². The van der Waals surface area contributed by atoms with E-state index in [1.807, 2.05) is 6.07 Å². The highest BCUT2D eigenvalue weighted by Gasteiger charge is 2.64. The number of hydrogen-bond donors (Lipinski definition) is 1. The predicted molar refractivity (Wildman–Crippen MR) is 157 cm³/mol. The lowest BCUT2D eigenvalue weighted by Gasteiger charge is -2.27. The Morgan fingerprint density at radius 3 is 2.27 bits per heavy atom. The maximum absolute atomic E-state index is 14.1. The van der Waals surface area contributed by atoms with Gasteiger partial charge >= 0.3 is 36.4 Å². The average Bonchev–Trinajstić information content (AvgIpc) is 3.53. The molecule has 52 heavy (non-hydrogen) atoms. The van der Waals surface area contributed by atoms with E-state index in [1.54, 1.807) is 5.10 Å². The molecule has 1 aromatic carbocycles. The number of hydrogen-bond acceptors (Lipinski definition) is 12. The van der Waals surface area contributed by atoms with E-state index in [0.29, 0.717) is 5.01 Å². The first kappa shape index (κ1) is 39.6. The molecule has 0 atom stereocenters. The number of aromatic nitrogens is 2. The minimum absolute atomic E-state index is 0.139. The normalized spacial score (nSPS) is 15.7. The van der Waals surface area contributed by atoms with E-state index in [-0.39, 0.29) is 41.1 Å². The van der Waals surface area contributed by atoms with Gasteiger partial charge < -0.3 is 18.9 Å². The highest BCUT2D eigenvalue weighted by Crippen LogP contribution is 2.50. The van der Waals surface area contributed by atoms with Gasteiger partial charge in [-0.1, -0.05) is 17.7 Å². The van der Waals surface area contributed by atoms with Crippen LogP contribution in [0.15, 0.2) is 24.4 Å². The Balaban J connectivity index is 1.54. The molecular weight excluding hydrogens is 748 g/mol. The molecule has 0 saturated heterocycles. The van der Waals surface area contributed by atoms with Crippen molar-refractivity contribution in [1.29, 1.82) is 5.26 Å². The lowest BCUT2D eigenvalue weighted by molar-refractivity contribution is -0.292. The minimum Gasteiger partial charge on any atom is -0.469 e. The molecule has 0 unspecified atom stereocenters. The monoisotopic (exact) mass is 772 g/mol. The molecule has 2 aromatic rings. The maximum atomic E-state index is 14.1. The summed E-state index contributed by atoms with van der Waals surface area (Å²) < 4.78 is 128. The standard InChI is InChI=1S/C29H25ClF8N6O8/c1-42-11-16(12-44(42)23-21(28(33,34)35)22(40-41-23)27(31,32)29(36,37)38)15-3-4-18(30)17(9-15)24(47)43(26(13-39)5-6-26)14-52-25(48)51-8-7-50-20(46)10-19(45)49-2/h3-4,9,12H,5-8,10-11,14H2,1-2H3,(H,40,41). The Labute approximate surface area is 292 Å². The van der Waals surface area contributed by atoms with Gasteiger partial charge in [0.25, 0.3) is 5.91 Å². The number of H-pyrrole nitrogens is 1. The predicted octanol–water partition coefficient (Wildman–Crippen LogP) is 5.16. The van der Waals surface area contributed by atoms with Crippen LogP contribution in [-0.2, 0) is 40.6 Å². The number of benzene rings is 1. The van der Waals surface area contributed by atoms with E-state index in [0.717, 1.165) is 23.2 Å². The van der Waals surface area contributed by atoms with Crippen LogP contribution in [0, 0.1) is 11.3 Å². The van der Waals surface area contributed by atoms with E-state index < -0.39 is 91.3 Å². The third-order valence-corrected chi connectivity index (χ3v) is 7.94. The number of hydrazine groups is 1. The van der Waals surface area contributed by atoms with Gasteiger partial charge in [0.1, 0.15) is 30.7 Å². The number of nitriles is 1. The molecular formula is C29H25ClF8N6O8. The average molecular weight is 773 g/mol. The number of rotatable bonds is 12. The van der Waals surface area contributed by atoms with Gasteiger partial charge in [0.2, 0.25) is 0 Å². The number of aromatic amines is 1. The second-order valence-electron chi connectivity index (χ2n) is 11.1. The van der Waals surface area contributed by atoms with Gasteiger partial charge in [-0.15, -0.1) is 0 Å². The van der Waals surface area contributed by atoms with Crippen molar-refractivity contribution in [3.8, 4) is 6.07 Å². The number of amides is 1. The first-order valence-electron chi connectivity index (χ1n) is 14.5.